The highest BCUT2D eigenvalue weighted by molar-refractivity contribution is 5.85. The lowest BCUT2D eigenvalue weighted by atomic mass is 9.80. The van der Waals surface area contributed by atoms with Crippen molar-refractivity contribution in [2.75, 3.05) is 40.3 Å². The van der Waals surface area contributed by atoms with Crippen LogP contribution < -0.4 is 15.4 Å². The summed E-state index contributed by atoms with van der Waals surface area (Å²) in [4.78, 5) is 14.8. The van der Waals surface area contributed by atoms with Crippen LogP contribution in [0.25, 0.3) is 0 Å². The van der Waals surface area contributed by atoms with E-state index in [1.54, 1.807) is 0 Å². The van der Waals surface area contributed by atoms with Gasteiger partial charge in [-0.3, -0.25) is 4.79 Å². The molecule has 1 aromatic rings. The van der Waals surface area contributed by atoms with Crippen LogP contribution in [-0.2, 0) is 11.3 Å². The first-order chi connectivity index (χ1) is 11.0. The van der Waals surface area contributed by atoms with Gasteiger partial charge in [0.25, 0.3) is 0 Å². The number of methoxy groups -OCH3 is 1. The molecule has 2 saturated heterocycles. The van der Waals surface area contributed by atoms with Gasteiger partial charge in [-0.1, -0.05) is 0 Å². The van der Waals surface area contributed by atoms with Crippen LogP contribution in [0.4, 0.5) is 8.78 Å². The van der Waals surface area contributed by atoms with Crippen molar-refractivity contribution < 1.29 is 18.3 Å². The van der Waals surface area contributed by atoms with Gasteiger partial charge in [-0.25, -0.2) is 8.78 Å². The van der Waals surface area contributed by atoms with Gasteiger partial charge in [0.1, 0.15) is 5.82 Å². The molecule has 5 nitrogen and oxygen atoms in total. The smallest absolute Gasteiger partial charge is 0.229 e. The van der Waals surface area contributed by atoms with Crippen molar-refractivity contribution in [2.24, 2.45) is 11.3 Å². The average molecular weight is 398 g/mol. The lowest BCUT2D eigenvalue weighted by Gasteiger charge is -2.26. The van der Waals surface area contributed by atoms with E-state index in [0.717, 1.165) is 19.2 Å². The molecule has 0 radical (unpaired) electrons. The van der Waals surface area contributed by atoms with Crippen molar-refractivity contribution >= 4 is 30.7 Å². The van der Waals surface area contributed by atoms with Crippen molar-refractivity contribution in [3.8, 4) is 5.75 Å². The molecule has 3 rings (SSSR count). The highest BCUT2D eigenvalue weighted by Gasteiger charge is 2.53. The van der Waals surface area contributed by atoms with E-state index in [0.29, 0.717) is 13.1 Å². The van der Waals surface area contributed by atoms with Gasteiger partial charge in [-0.05, 0) is 19.2 Å². The normalized spacial score (nSPS) is 24.9. The summed E-state index contributed by atoms with van der Waals surface area (Å²) < 4.78 is 32.9. The maximum Gasteiger partial charge on any atom is 0.229 e. The van der Waals surface area contributed by atoms with Crippen LogP contribution >= 0.6 is 24.8 Å². The predicted octanol–water partition coefficient (Wildman–Crippen LogP) is 1.58. The Balaban J connectivity index is 0.00000156. The molecule has 0 spiro atoms. The second-order valence-electron chi connectivity index (χ2n) is 6.41. The third kappa shape index (κ3) is 3.84. The van der Waals surface area contributed by atoms with Gasteiger partial charge in [0.05, 0.1) is 12.5 Å². The molecule has 2 aliphatic rings. The van der Waals surface area contributed by atoms with Crippen LogP contribution in [0.5, 0.6) is 5.75 Å². The van der Waals surface area contributed by atoms with Gasteiger partial charge in [0, 0.05) is 44.2 Å². The zero-order valence-corrected chi connectivity index (χ0v) is 15.7. The molecule has 2 fully saturated rings. The molecule has 2 heterocycles. The molecule has 1 amide bonds. The van der Waals surface area contributed by atoms with Gasteiger partial charge in [0.15, 0.2) is 11.6 Å². The third-order valence-corrected chi connectivity index (χ3v) is 4.95. The number of carbonyl (C=O) groups is 1. The molecule has 2 atom stereocenters. The Morgan fingerprint density at radius 1 is 1.44 bits per heavy atom. The molecule has 1 aromatic carbocycles. The summed E-state index contributed by atoms with van der Waals surface area (Å²) in [6.07, 6.45) is 0. The SMILES string of the molecule is COc1ccc(F)c(CNC(=O)[C@@]23CNC[C@@H]2CN(C)C3)c1F.Cl.Cl. The molecule has 0 unspecified atom stereocenters. The molecular formula is C16H23Cl2F2N3O2. The molecule has 25 heavy (non-hydrogen) atoms. The number of halogens is 4. The number of amides is 1. The summed E-state index contributed by atoms with van der Waals surface area (Å²) in [5.74, 6) is -1.42. The lowest BCUT2D eigenvalue weighted by Crippen LogP contribution is -2.47. The third-order valence-electron chi connectivity index (χ3n) is 4.95. The van der Waals surface area contributed by atoms with E-state index < -0.39 is 17.0 Å². The number of nitrogens with one attached hydrogen (secondary N) is 2. The fourth-order valence-electron chi connectivity index (χ4n) is 3.73. The Labute approximate surface area is 158 Å². The summed E-state index contributed by atoms with van der Waals surface area (Å²) >= 11 is 0. The standard InChI is InChI=1S/C16H21F2N3O2.2ClH/c1-21-7-10-5-19-8-16(10,9-21)15(22)20-6-11-12(17)3-4-13(23-2)14(11)18;;/h3-4,10,19H,5-9H2,1-2H3,(H,20,22);2*1H/t10-,16-;;/m1../s1. The summed E-state index contributed by atoms with van der Waals surface area (Å²) in [6.45, 7) is 2.70. The number of carbonyl (C=O) groups excluding carboxylic acids is 1. The highest BCUT2D eigenvalue weighted by Crippen LogP contribution is 2.38. The van der Waals surface area contributed by atoms with Gasteiger partial charge in [-0.15, -0.1) is 24.8 Å². The van der Waals surface area contributed by atoms with Crippen LogP contribution in [0.2, 0.25) is 0 Å². The first-order valence-electron chi connectivity index (χ1n) is 7.66. The van der Waals surface area contributed by atoms with Crippen molar-refractivity contribution in [1.82, 2.24) is 15.5 Å². The van der Waals surface area contributed by atoms with E-state index >= 15 is 0 Å². The summed E-state index contributed by atoms with van der Waals surface area (Å²) in [6, 6.07) is 2.38. The van der Waals surface area contributed by atoms with Crippen molar-refractivity contribution in [3.63, 3.8) is 0 Å². The Kier molecular flexibility index (Phi) is 7.43. The maximum atomic E-state index is 14.2. The second-order valence-corrected chi connectivity index (χ2v) is 6.41. The molecule has 142 valence electrons. The quantitative estimate of drug-likeness (QED) is 0.809. The Hall–Kier alpha value is -1.15. The lowest BCUT2D eigenvalue weighted by molar-refractivity contribution is -0.130. The minimum absolute atomic E-state index is 0. The summed E-state index contributed by atoms with van der Waals surface area (Å²) in [5.41, 5.74) is -0.691. The van der Waals surface area contributed by atoms with Crippen molar-refractivity contribution in [2.45, 2.75) is 6.54 Å². The molecule has 2 aliphatic heterocycles. The van der Waals surface area contributed by atoms with E-state index in [2.05, 4.69) is 15.5 Å². The molecule has 0 aliphatic carbocycles. The van der Waals surface area contributed by atoms with E-state index in [9.17, 15) is 13.6 Å². The van der Waals surface area contributed by atoms with Gasteiger partial charge in [-0.2, -0.15) is 0 Å². The van der Waals surface area contributed by atoms with E-state index in [1.165, 1.54) is 13.2 Å². The predicted molar refractivity (Wildman–Crippen MR) is 95.5 cm³/mol. The average Bonchev–Trinajstić information content (AvgIpc) is 3.03. The summed E-state index contributed by atoms with van der Waals surface area (Å²) in [5, 5.41) is 5.97. The summed E-state index contributed by atoms with van der Waals surface area (Å²) in [7, 11) is 3.30. The monoisotopic (exact) mass is 397 g/mol. The van der Waals surface area contributed by atoms with Crippen LogP contribution in [0, 0.1) is 23.0 Å². The minimum atomic E-state index is -0.769. The molecular weight excluding hydrogens is 375 g/mol. The fraction of sp³-hybridized carbons (Fsp3) is 0.562. The van der Waals surface area contributed by atoms with Gasteiger partial charge < -0.3 is 20.3 Å². The topological polar surface area (TPSA) is 53.6 Å². The molecule has 0 saturated carbocycles. The van der Waals surface area contributed by atoms with Crippen molar-refractivity contribution in [3.05, 3.63) is 29.3 Å². The Bertz CT molecular complexity index is 636. The number of likely N-dealkylation sites (tertiary alicyclic amines) is 1. The molecule has 0 bridgehead atoms. The molecule has 2 N–H and O–H groups in total. The highest BCUT2D eigenvalue weighted by atomic mass is 35.5. The number of hydrogen-bond donors (Lipinski definition) is 2. The number of nitrogens with zero attached hydrogens (tertiary/aromatic N) is 1. The second kappa shape index (κ2) is 8.49. The Morgan fingerprint density at radius 3 is 2.84 bits per heavy atom. The first-order valence-corrected chi connectivity index (χ1v) is 7.66. The number of fused-ring (bicyclic) bond motifs is 1. The first kappa shape index (κ1) is 21.9. The van der Waals surface area contributed by atoms with E-state index in [1.807, 2.05) is 7.05 Å². The van der Waals surface area contributed by atoms with E-state index in [-0.39, 0.29) is 54.5 Å². The largest absolute Gasteiger partial charge is 0.494 e. The zero-order chi connectivity index (χ0) is 16.6. The van der Waals surface area contributed by atoms with Crippen molar-refractivity contribution in [1.29, 1.82) is 0 Å². The zero-order valence-electron chi connectivity index (χ0n) is 14.1. The number of rotatable bonds is 4. The number of ether oxygens (including phenoxy) is 1. The van der Waals surface area contributed by atoms with Gasteiger partial charge in [0.2, 0.25) is 5.91 Å². The molecule has 9 heteroatoms. The Morgan fingerprint density at radius 2 is 2.16 bits per heavy atom. The number of benzene rings is 1. The van der Waals surface area contributed by atoms with Crippen LogP contribution in [-0.4, -0.2) is 51.1 Å². The van der Waals surface area contributed by atoms with E-state index in [4.69, 9.17) is 4.74 Å². The van der Waals surface area contributed by atoms with Crippen LogP contribution in [0.15, 0.2) is 12.1 Å². The fourth-order valence-corrected chi connectivity index (χ4v) is 3.73. The van der Waals surface area contributed by atoms with Gasteiger partial charge >= 0.3 is 0 Å². The maximum absolute atomic E-state index is 14.2. The van der Waals surface area contributed by atoms with Crippen LogP contribution in [0.1, 0.15) is 5.56 Å². The van der Waals surface area contributed by atoms with Crippen LogP contribution in [0.3, 0.4) is 0 Å². The number of hydrogen-bond acceptors (Lipinski definition) is 4. The minimum Gasteiger partial charge on any atom is -0.494 e. The molecule has 0 aromatic heterocycles.